The molecule has 0 aliphatic heterocycles. The van der Waals surface area contributed by atoms with Gasteiger partial charge in [-0.2, -0.15) is 0 Å². The second-order valence-electron chi connectivity index (χ2n) is 3.68. The van der Waals surface area contributed by atoms with E-state index in [2.05, 4.69) is 0 Å². The zero-order valence-electron chi connectivity index (χ0n) is 8.23. The summed E-state index contributed by atoms with van der Waals surface area (Å²) in [5.41, 5.74) is 2.49. The molecule has 3 nitrogen and oxygen atoms in total. The molecule has 0 radical (unpaired) electrons. The lowest BCUT2D eigenvalue weighted by atomic mass is 9.89. The monoisotopic (exact) mass is 204 g/mol. The molecule has 0 saturated carbocycles. The van der Waals surface area contributed by atoms with Gasteiger partial charge in [0.2, 0.25) is 0 Å². The van der Waals surface area contributed by atoms with E-state index in [4.69, 9.17) is 5.11 Å². The average Bonchev–Trinajstić information content (AvgIpc) is 2.22. The van der Waals surface area contributed by atoms with Gasteiger partial charge in [0.05, 0.1) is 6.42 Å². The molecule has 0 spiro atoms. The van der Waals surface area contributed by atoms with Gasteiger partial charge in [-0.15, -0.1) is 0 Å². The summed E-state index contributed by atoms with van der Waals surface area (Å²) in [7, 11) is 0. The fraction of sp³-hybridized carbons (Fsp3) is 0.250. The highest BCUT2D eigenvalue weighted by Gasteiger charge is 2.19. The molecule has 0 fully saturated rings. The molecule has 0 heterocycles. The standard InChI is InChI=1S/C12H12O3/c13-11(14)7-9-6-5-8-3-1-2-4-10(8)12(9)15/h1-4,15H,5-7H2,(H,13,14). The topological polar surface area (TPSA) is 57.5 Å². The van der Waals surface area contributed by atoms with E-state index in [9.17, 15) is 9.90 Å². The first-order valence-electron chi connectivity index (χ1n) is 4.89. The van der Waals surface area contributed by atoms with Gasteiger partial charge in [0.15, 0.2) is 0 Å². The van der Waals surface area contributed by atoms with Gasteiger partial charge in [0.1, 0.15) is 5.76 Å². The molecule has 0 unspecified atom stereocenters. The Labute approximate surface area is 87.7 Å². The molecule has 3 heteroatoms. The molecule has 78 valence electrons. The number of benzene rings is 1. The van der Waals surface area contributed by atoms with Crippen molar-refractivity contribution in [3.63, 3.8) is 0 Å². The van der Waals surface area contributed by atoms with Gasteiger partial charge in [-0.3, -0.25) is 4.79 Å². The fourth-order valence-corrected chi connectivity index (χ4v) is 1.92. The number of hydrogen-bond acceptors (Lipinski definition) is 2. The van der Waals surface area contributed by atoms with Crippen LogP contribution in [-0.2, 0) is 11.2 Å². The van der Waals surface area contributed by atoms with E-state index in [0.29, 0.717) is 12.0 Å². The van der Waals surface area contributed by atoms with Crippen molar-refractivity contribution in [1.29, 1.82) is 0 Å². The van der Waals surface area contributed by atoms with Crippen molar-refractivity contribution in [2.75, 3.05) is 0 Å². The number of fused-ring (bicyclic) bond motifs is 1. The number of aliphatic carboxylic acids is 1. The number of aryl methyl sites for hydroxylation is 1. The summed E-state index contributed by atoms with van der Waals surface area (Å²) in [6.45, 7) is 0. The van der Waals surface area contributed by atoms with Gasteiger partial charge >= 0.3 is 5.97 Å². The number of aliphatic hydroxyl groups excluding tert-OH is 1. The summed E-state index contributed by atoms with van der Waals surface area (Å²) in [6, 6.07) is 7.56. The smallest absolute Gasteiger partial charge is 0.307 e. The second kappa shape index (κ2) is 3.77. The van der Waals surface area contributed by atoms with Gasteiger partial charge < -0.3 is 10.2 Å². The van der Waals surface area contributed by atoms with Gasteiger partial charge in [0.25, 0.3) is 0 Å². The van der Waals surface area contributed by atoms with Crippen LogP contribution in [0, 0.1) is 0 Å². The van der Waals surface area contributed by atoms with Crippen LogP contribution in [0.1, 0.15) is 24.0 Å². The third-order valence-corrected chi connectivity index (χ3v) is 2.67. The summed E-state index contributed by atoms with van der Waals surface area (Å²) in [5, 5.41) is 18.6. The van der Waals surface area contributed by atoms with Crippen molar-refractivity contribution in [1.82, 2.24) is 0 Å². The van der Waals surface area contributed by atoms with Crippen molar-refractivity contribution in [2.45, 2.75) is 19.3 Å². The molecule has 0 bridgehead atoms. The summed E-state index contributed by atoms with van der Waals surface area (Å²) in [5.74, 6) is -0.741. The second-order valence-corrected chi connectivity index (χ2v) is 3.68. The van der Waals surface area contributed by atoms with Crippen LogP contribution in [0.25, 0.3) is 5.76 Å². The highest BCUT2D eigenvalue weighted by Crippen LogP contribution is 2.30. The fourth-order valence-electron chi connectivity index (χ4n) is 1.92. The number of carboxylic acids is 1. The molecule has 0 saturated heterocycles. The zero-order valence-corrected chi connectivity index (χ0v) is 8.23. The number of carbonyl (C=O) groups is 1. The van der Waals surface area contributed by atoms with Gasteiger partial charge in [-0.25, -0.2) is 0 Å². The number of aliphatic hydroxyl groups is 1. The number of hydrogen-bond donors (Lipinski definition) is 2. The first-order chi connectivity index (χ1) is 7.18. The Hall–Kier alpha value is -1.77. The first kappa shape index (κ1) is 9.77. The lowest BCUT2D eigenvalue weighted by molar-refractivity contribution is -0.136. The van der Waals surface area contributed by atoms with E-state index in [1.165, 1.54) is 0 Å². The van der Waals surface area contributed by atoms with Gasteiger partial charge in [-0.1, -0.05) is 24.3 Å². The molecule has 0 aromatic heterocycles. The van der Waals surface area contributed by atoms with Crippen LogP contribution >= 0.6 is 0 Å². The largest absolute Gasteiger partial charge is 0.507 e. The van der Waals surface area contributed by atoms with Gasteiger partial charge in [0, 0.05) is 5.56 Å². The Morgan fingerprint density at radius 2 is 2.00 bits per heavy atom. The van der Waals surface area contributed by atoms with Crippen LogP contribution in [-0.4, -0.2) is 16.2 Å². The number of carboxylic acid groups (broad SMARTS) is 1. The SMILES string of the molecule is O=C(O)CC1=C(O)c2ccccc2CC1. The van der Waals surface area contributed by atoms with Crippen LogP contribution in [0.5, 0.6) is 0 Å². The third-order valence-electron chi connectivity index (χ3n) is 2.67. The van der Waals surface area contributed by atoms with Crippen molar-refractivity contribution in [3.8, 4) is 0 Å². The van der Waals surface area contributed by atoms with Crippen molar-refractivity contribution >= 4 is 11.7 Å². The Morgan fingerprint density at radius 1 is 1.27 bits per heavy atom. The molecule has 1 aliphatic rings. The highest BCUT2D eigenvalue weighted by atomic mass is 16.4. The maximum Gasteiger partial charge on any atom is 0.307 e. The first-order valence-corrected chi connectivity index (χ1v) is 4.89. The Bertz CT molecular complexity index is 432. The minimum atomic E-state index is -0.893. The molecule has 1 aromatic carbocycles. The Morgan fingerprint density at radius 3 is 2.73 bits per heavy atom. The van der Waals surface area contributed by atoms with Crippen LogP contribution in [0.2, 0.25) is 0 Å². The van der Waals surface area contributed by atoms with Crippen LogP contribution in [0.15, 0.2) is 29.8 Å². The lowest BCUT2D eigenvalue weighted by Crippen LogP contribution is -2.08. The predicted octanol–water partition coefficient (Wildman–Crippen LogP) is 2.38. The average molecular weight is 204 g/mol. The number of rotatable bonds is 2. The van der Waals surface area contributed by atoms with E-state index < -0.39 is 5.97 Å². The van der Waals surface area contributed by atoms with E-state index in [1.807, 2.05) is 24.3 Å². The summed E-state index contributed by atoms with van der Waals surface area (Å²) in [6.07, 6.45) is 1.37. The summed E-state index contributed by atoms with van der Waals surface area (Å²) >= 11 is 0. The molecular weight excluding hydrogens is 192 g/mol. The Kier molecular flexibility index (Phi) is 2.46. The van der Waals surface area contributed by atoms with Crippen molar-refractivity contribution in [3.05, 3.63) is 41.0 Å². The molecule has 1 aromatic rings. The van der Waals surface area contributed by atoms with Crippen LogP contribution in [0.4, 0.5) is 0 Å². The third kappa shape index (κ3) is 1.86. The lowest BCUT2D eigenvalue weighted by Gasteiger charge is -2.18. The molecule has 15 heavy (non-hydrogen) atoms. The van der Waals surface area contributed by atoms with E-state index >= 15 is 0 Å². The van der Waals surface area contributed by atoms with Gasteiger partial charge in [-0.05, 0) is 24.0 Å². The maximum absolute atomic E-state index is 10.6. The molecule has 1 aliphatic carbocycles. The molecule has 0 amide bonds. The zero-order chi connectivity index (χ0) is 10.8. The minimum Gasteiger partial charge on any atom is -0.507 e. The maximum atomic E-state index is 10.6. The van der Waals surface area contributed by atoms with E-state index in [1.54, 1.807) is 0 Å². The quantitative estimate of drug-likeness (QED) is 0.777. The highest BCUT2D eigenvalue weighted by molar-refractivity contribution is 5.76. The van der Waals surface area contributed by atoms with Crippen LogP contribution in [0.3, 0.4) is 0 Å². The minimum absolute atomic E-state index is 0.0693. The molecule has 2 rings (SSSR count). The molecule has 2 N–H and O–H groups in total. The van der Waals surface area contributed by atoms with E-state index in [0.717, 1.165) is 17.5 Å². The van der Waals surface area contributed by atoms with Crippen LogP contribution < -0.4 is 0 Å². The molecule has 0 atom stereocenters. The van der Waals surface area contributed by atoms with Crippen molar-refractivity contribution in [2.24, 2.45) is 0 Å². The van der Waals surface area contributed by atoms with E-state index in [-0.39, 0.29) is 12.2 Å². The summed E-state index contributed by atoms with van der Waals surface area (Å²) < 4.78 is 0. The van der Waals surface area contributed by atoms with Crippen molar-refractivity contribution < 1.29 is 15.0 Å². The Balaban J connectivity index is 2.40. The summed E-state index contributed by atoms with van der Waals surface area (Å²) in [4.78, 5) is 10.6. The molecular formula is C12H12O3. The predicted molar refractivity (Wildman–Crippen MR) is 56.6 cm³/mol. The normalized spacial score (nSPS) is 14.9.